The van der Waals surface area contributed by atoms with E-state index in [0.29, 0.717) is 22.8 Å². The van der Waals surface area contributed by atoms with Crippen LogP contribution in [0.5, 0.6) is 0 Å². The summed E-state index contributed by atoms with van der Waals surface area (Å²) in [6.45, 7) is 16.7. The van der Waals surface area contributed by atoms with Crippen molar-refractivity contribution >= 4 is 41.9 Å². The van der Waals surface area contributed by atoms with Gasteiger partial charge in [0.15, 0.2) is 0 Å². The van der Waals surface area contributed by atoms with Gasteiger partial charge in [-0.1, -0.05) is 0 Å². The summed E-state index contributed by atoms with van der Waals surface area (Å²) >= 11 is 0. The highest BCUT2D eigenvalue weighted by molar-refractivity contribution is 6.06. The number of rotatable bonds is 6. The minimum absolute atomic E-state index is 0. The normalized spacial score (nSPS) is 10.4. The fourth-order valence-electron chi connectivity index (χ4n) is 3.93. The van der Waals surface area contributed by atoms with Crippen molar-refractivity contribution in [3.8, 4) is 35.6 Å². The molecular weight excluding hydrogens is 793 g/mol. The Morgan fingerprint density at radius 3 is 0.984 bits per heavy atom. The van der Waals surface area contributed by atoms with Crippen LogP contribution in [0.3, 0.4) is 0 Å². The van der Waals surface area contributed by atoms with E-state index in [1.807, 2.05) is 20.8 Å². The second-order valence-corrected chi connectivity index (χ2v) is 15.4. The van der Waals surface area contributed by atoms with Crippen LogP contribution in [0.15, 0.2) is 73.3 Å². The van der Waals surface area contributed by atoms with E-state index in [1.165, 1.54) is 79.7 Å². The third-order valence-electron chi connectivity index (χ3n) is 6.01. The fraction of sp³-hybridized carbons (Fsp3) is 0.293. The average molecular weight is 846 g/mol. The van der Waals surface area contributed by atoms with Gasteiger partial charge in [0.1, 0.15) is 1.37 Å². The van der Waals surface area contributed by atoms with Crippen molar-refractivity contribution in [2.45, 2.75) is 78.9 Å². The van der Waals surface area contributed by atoms with Crippen LogP contribution in [-0.4, -0.2) is 93.8 Å². The molecule has 0 aliphatic carbocycles. The van der Waals surface area contributed by atoms with Crippen molar-refractivity contribution in [3.63, 3.8) is 0 Å². The SMILES string of the molecule is CC(C)(C)N.CC(C)(C)NC(=O)NC(=O)c1ccnc(-c2cc(C(=O)NC(=O)NC(C)(C)C)ccn2)c1.NC(=O)O.O=C(O)c1ccnc(-c2cc(C(=O)O)ccn2)c1.[2H]C#C. The Kier molecular flexibility index (Phi) is 20.3. The Balaban J connectivity index is 0.00000103. The zero-order valence-electron chi connectivity index (χ0n) is 36.1. The number of amides is 7. The van der Waals surface area contributed by atoms with E-state index in [1.54, 1.807) is 41.5 Å². The topological polar surface area (TPSA) is 332 Å². The quantitative estimate of drug-likeness (QED) is 0.118. The Morgan fingerprint density at radius 2 is 0.770 bits per heavy atom. The average Bonchev–Trinajstić information content (AvgIpc) is 3.13. The number of carbonyl (C=O) groups excluding carboxylic acids is 4. The molecule has 0 aliphatic rings. The molecule has 0 spiro atoms. The van der Waals surface area contributed by atoms with E-state index in [2.05, 4.69) is 53.4 Å². The van der Waals surface area contributed by atoms with Crippen molar-refractivity contribution < 1.29 is 50.3 Å². The Hall–Kier alpha value is -7.79. The smallest absolute Gasteiger partial charge is 0.402 e. The maximum Gasteiger partial charge on any atom is 0.402 e. The summed E-state index contributed by atoms with van der Waals surface area (Å²) in [5.41, 5.74) is 10.2. The summed E-state index contributed by atoms with van der Waals surface area (Å²) in [5, 5.41) is 34.7. The number of hydrogen-bond acceptors (Lipinski definition) is 12. The minimum atomic E-state index is -1.33. The lowest BCUT2D eigenvalue weighted by atomic mass is 10.1. The van der Waals surface area contributed by atoms with Crippen LogP contribution in [0.25, 0.3) is 22.8 Å². The van der Waals surface area contributed by atoms with Gasteiger partial charge in [-0.15, -0.1) is 12.8 Å². The molecule has 0 bridgehead atoms. The largest absolute Gasteiger partial charge is 0.478 e. The third-order valence-corrected chi connectivity index (χ3v) is 6.01. The number of aromatic carboxylic acids is 2. The predicted molar refractivity (Wildman–Crippen MR) is 226 cm³/mol. The Morgan fingerprint density at radius 1 is 0.557 bits per heavy atom. The zero-order valence-corrected chi connectivity index (χ0v) is 35.1. The van der Waals surface area contributed by atoms with Gasteiger partial charge in [0.2, 0.25) is 0 Å². The van der Waals surface area contributed by atoms with E-state index < -0.39 is 53.0 Å². The second kappa shape index (κ2) is 24.2. The van der Waals surface area contributed by atoms with Crippen molar-refractivity contribution in [1.29, 1.82) is 0 Å². The molecule has 0 fully saturated rings. The van der Waals surface area contributed by atoms with E-state index in [4.69, 9.17) is 27.2 Å². The first-order valence-corrected chi connectivity index (χ1v) is 17.7. The Labute approximate surface area is 354 Å². The number of hydrogen-bond donors (Lipinski definition) is 9. The number of carbonyl (C=O) groups is 7. The summed E-state index contributed by atoms with van der Waals surface area (Å²) < 4.78 is 5.74. The predicted octanol–water partition coefficient (Wildman–Crippen LogP) is 4.78. The lowest BCUT2D eigenvalue weighted by molar-refractivity contribution is 0.0686. The number of imide groups is 2. The van der Waals surface area contributed by atoms with E-state index in [-0.39, 0.29) is 27.8 Å². The number of primary amides is 1. The molecule has 4 aromatic rings. The van der Waals surface area contributed by atoms with Gasteiger partial charge in [-0.2, -0.15) is 0 Å². The van der Waals surface area contributed by atoms with Crippen LogP contribution in [0.2, 0.25) is 0 Å². The molecule has 20 heteroatoms. The highest BCUT2D eigenvalue weighted by Gasteiger charge is 2.19. The summed E-state index contributed by atoms with van der Waals surface area (Å²) in [7, 11) is 0. The van der Waals surface area contributed by atoms with E-state index >= 15 is 0 Å². The Bertz CT molecular complexity index is 2090. The molecule has 0 saturated heterocycles. The van der Waals surface area contributed by atoms with Crippen LogP contribution in [0, 0.1) is 12.8 Å². The van der Waals surface area contributed by atoms with Gasteiger partial charge in [0.25, 0.3) is 11.8 Å². The maximum atomic E-state index is 12.4. The van der Waals surface area contributed by atoms with Crippen molar-refractivity contribution in [1.82, 2.24) is 41.2 Å². The molecule has 4 heterocycles. The van der Waals surface area contributed by atoms with Gasteiger partial charge in [-0.3, -0.25) is 40.2 Å². The number of pyridine rings is 4. The summed E-state index contributed by atoms with van der Waals surface area (Å²) in [6.07, 6.45) is 9.91. The van der Waals surface area contributed by atoms with Crippen molar-refractivity contribution in [3.05, 3.63) is 95.6 Å². The monoisotopic (exact) mass is 845 g/mol. The van der Waals surface area contributed by atoms with Crippen LogP contribution < -0.4 is 32.7 Å². The van der Waals surface area contributed by atoms with Gasteiger partial charge < -0.3 is 37.4 Å². The third kappa shape index (κ3) is 23.9. The summed E-state index contributed by atoms with van der Waals surface area (Å²) in [5.74, 6) is -3.37. The molecule has 0 atom stereocenters. The van der Waals surface area contributed by atoms with Gasteiger partial charge in [0, 0.05) is 52.5 Å². The number of carboxylic acid groups (broad SMARTS) is 3. The highest BCUT2D eigenvalue weighted by atomic mass is 16.4. The van der Waals surface area contributed by atoms with Crippen molar-refractivity contribution in [2.75, 3.05) is 0 Å². The van der Waals surface area contributed by atoms with Gasteiger partial charge in [-0.05, 0) is 111 Å². The number of aromatic nitrogens is 4. The molecule has 0 unspecified atom stereocenters. The molecule has 4 aromatic heterocycles. The number of nitrogens with one attached hydrogen (secondary N) is 4. The molecule has 0 radical (unpaired) electrons. The minimum Gasteiger partial charge on any atom is -0.478 e. The fourth-order valence-corrected chi connectivity index (χ4v) is 3.93. The highest BCUT2D eigenvalue weighted by Crippen LogP contribution is 2.18. The first kappa shape index (κ1) is 51.2. The molecule has 20 nitrogen and oxygen atoms in total. The molecule has 4 rings (SSSR count). The molecule has 0 aliphatic heterocycles. The molecule has 61 heavy (non-hydrogen) atoms. The standard InChI is InChI=1S/C22H28N6O4.C12H8N2O4.C4H11N.C2H2.CH3NO2/c1-21(2,3)27-19(31)25-17(29)13-7-9-23-15(11-13)16-12-14(8-10-24-16)18(30)26-20(32)28-22(4,5)6;15-11(16)7-1-3-13-9(5-7)10-6-8(12(17)18)2-4-14-10;1-4(2,3)5;1-2;2-1(3)4/h7-12H,1-6H3,(H2,25,27,29,31)(H2,26,28,30,32);1-6H,(H,15,16)(H,17,18);5H2,1-3H3;1-2H;2H2,(H,3,4)/i;;;1D;. The van der Waals surface area contributed by atoms with Crippen LogP contribution in [-0.2, 0) is 0 Å². The number of urea groups is 2. The maximum absolute atomic E-state index is 12.4. The molecule has 0 saturated carbocycles. The molecule has 326 valence electrons. The van der Waals surface area contributed by atoms with Gasteiger partial charge in [0.05, 0.1) is 33.9 Å². The molecule has 7 amide bonds. The van der Waals surface area contributed by atoms with Gasteiger partial charge in [-0.25, -0.2) is 24.0 Å². The lowest BCUT2D eigenvalue weighted by Gasteiger charge is -2.20. The second-order valence-electron chi connectivity index (χ2n) is 15.4. The summed E-state index contributed by atoms with van der Waals surface area (Å²) in [4.78, 5) is 95.4. The number of nitrogens with zero attached hydrogens (tertiary/aromatic N) is 4. The lowest BCUT2D eigenvalue weighted by Crippen LogP contribution is -2.48. The van der Waals surface area contributed by atoms with Crippen molar-refractivity contribution in [2.24, 2.45) is 11.5 Å². The molecule has 11 N–H and O–H groups in total. The number of terminal acetylenes is 1. The van der Waals surface area contributed by atoms with E-state index in [9.17, 15) is 28.8 Å². The van der Waals surface area contributed by atoms with Gasteiger partial charge >= 0.3 is 30.1 Å². The van der Waals surface area contributed by atoms with Crippen LogP contribution >= 0.6 is 0 Å². The molecular formula is C41H52N10O10. The number of carboxylic acids is 2. The van der Waals surface area contributed by atoms with E-state index in [0.717, 1.165) is 0 Å². The van der Waals surface area contributed by atoms with Crippen LogP contribution in [0.1, 0.15) is 105 Å². The number of nitrogens with two attached hydrogens (primary N) is 2. The summed E-state index contributed by atoms with van der Waals surface area (Å²) in [6, 6.07) is 9.98. The van der Waals surface area contributed by atoms with Crippen LogP contribution in [0.4, 0.5) is 14.4 Å². The first-order valence-electron chi connectivity index (χ1n) is 18.2. The molecule has 0 aromatic carbocycles. The first-order chi connectivity index (χ1) is 28.5. The zero-order chi connectivity index (χ0) is 48.0.